The number of piperidine rings is 1. The first-order valence-corrected chi connectivity index (χ1v) is 7.90. The molecule has 1 amide bonds. The lowest BCUT2D eigenvalue weighted by molar-refractivity contribution is 0.00465. The van der Waals surface area contributed by atoms with Crippen LogP contribution in [0.5, 0.6) is 0 Å². The quantitative estimate of drug-likeness (QED) is 0.731. The minimum atomic E-state index is -0.114. The fourth-order valence-corrected chi connectivity index (χ4v) is 4.53. The molecule has 0 aromatic heterocycles. The topological polar surface area (TPSA) is 32.8 Å². The molecule has 1 aliphatic carbocycles. The summed E-state index contributed by atoms with van der Waals surface area (Å²) < 4.78 is 4.97. The molecule has 3 atom stereocenters. The lowest BCUT2D eigenvalue weighted by atomic mass is 9.74. The summed E-state index contributed by atoms with van der Waals surface area (Å²) in [5, 5.41) is 0. The number of methoxy groups -OCH3 is 1. The maximum atomic E-state index is 11.9. The van der Waals surface area contributed by atoms with Crippen LogP contribution < -0.4 is 0 Å². The number of fused-ring (bicyclic) bond motifs is 1. The Balaban J connectivity index is 1.74. The lowest BCUT2D eigenvalue weighted by Crippen LogP contribution is -2.56. The van der Waals surface area contributed by atoms with E-state index in [-0.39, 0.29) is 6.09 Å². The van der Waals surface area contributed by atoms with Crippen molar-refractivity contribution in [2.45, 2.75) is 57.0 Å². The minimum Gasteiger partial charge on any atom is -0.453 e. The van der Waals surface area contributed by atoms with E-state index >= 15 is 0 Å². The SMILES string of the molecule is COC(=O)N1CCC[C@@H]2[C@H](N3CCCC3)CCC[C@H]21. The summed E-state index contributed by atoms with van der Waals surface area (Å²) >= 11 is 0. The van der Waals surface area contributed by atoms with E-state index in [1.807, 2.05) is 4.90 Å². The molecule has 0 spiro atoms. The largest absolute Gasteiger partial charge is 0.453 e. The Bertz CT molecular complexity index is 328. The lowest BCUT2D eigenvalue weighted by Gasteiger charge is -2.49. The zero-order valence-electron chi connectivity index (χ0n) is 12.0. The van der Waals surface area contributed by atoms with Gasteiger partial charge in [-0.2, -0.15) is 0 Å². The standard InChI is InChI=1S/C15H26N2O2/c1-19-15(18)17-11-5-6-12-13(7-4-8-14(12)17)16-9-2-3-10-16/h12-14H,2-11H2,1H3/t12-,13-,14-/m1/s1. The summed E-state index contributed by atoms with van der Waals surface area (Å²) in [6, 6.07) is 1.15. The van der Waals surface area contributed by atoms with Crippen LogP contribution in [-0.2, 0) is 4.74 Å². The predicted octanol–water partition coefficient (Wildman–Crippen LogP) is 2.48. The van der Waals surface area contributed by atoms with Crippen molar-refractivity contribution in [2.75, 3.05) is 26.7 Å². The monoisotopic (exact) mass is 266 g/mol. The van der Waals surface area contributed by atoms with Crippen LogP contribution in [0.15, 0.2) is 0 Å². The van der Waals surface area contributed by atoms with Gasteiger partial charge in [0.25, 0.3) is 0 Å². The van der Waals surface area contributed by atoms with Gasteiger partial charge < -0.3 is 14.5 Å². The van der Waals surface area contributed by atoms with Gasteiger partial charge in [0, 0.05) is 18.6 Å². The Morgan fingerprint density at radius 1 is 0.947 bits per heavy atom. The molecule has 0 unspecified atom stereocenters. The smallest absolute Gasteiger partial charge is 0.409 e. The summed E-state index contributed by atoms with van der Waals surface area (Å²) in [4.78, 5) is 16.6. The third-order valence-electron chi connectivity index (χ3n) is 5.34. The number of ether oxygens (including phenoxy) is 1. The Labute approximate surface area is 116 Å². The Kier molecular flexibility index (Phi) is 3.96. The molecule has 2 heterocycles. The minimum absolute atomic E-state index is 0.114. The maximum absolute atomic E-state index is 11.9. The van der Waals surface area contributed by atoms with E-state index in [9.17, 15) is 4.79 Å². The van der Waals surface area contributed by atoms with Gasteiger partial charge in [-0.1, -0.05) is 0 Å². The van der Waals surface area contributed by atoms with Crippen LogP contribution in [0.3, 0.4) is 0 Å². The first kappa shape index (κ1) is 13.2. The van der Waals surface area contributed by atoms with Crippen molar-refractivity contribution in [1.82, 2.24) is 9.80 Å². The van der Waals surface area contributed by atoms with E-state index in [2.05, 4.69) is 4.90 Å². The van der Waals surface area contributed by atoms with E-state index in [0.29, 0.717) is 18.0 Å². The summed E-state index contributed by atoms with van der Waals surface area (Å²) in [5.41, 5.74) is 0. The van der Waals surface area contributed by atoms with E-state index in [0.717, 1.165) is 13.0 Å². The van der Waals surface area contributed by atoms with E-state index < -0.39 is 0 Å². The first-order chi connectivity index (χ1) is 9.31. The maximum Gasteiger partial charge on any atom is 0.409 e. The molecule has 0 N–H and O–H groups in total. The molecular formula is C15H26N2O2. The Morgan fingerprint density at radius 3 is 2.42 bits per heavy atom. The molecule has 19 heavy (non-hydrogen) atoms. The number of rotatable bonds is 1. The Morgan fingerprint density at radius 2 is 1.68 bits per heavy atom. The third-order valence-corrected chi connectivity index (χ3v) is 5.34. The third kappa shape index (κ3) is 2.47. The number of likely N-dealkylation sites (tertiary alicyclic amines) is 2. The number of carbonyl (C=O) groups excluding carboxylic acids is 1. The van der Waals surface area contributed by atoms with Crippen LogP contribution >= 0.6 is 0 Å². The zero-order chi connectivity index (χ0) is 13.2. The van der Waals surface area contributed by atoms with Crippen LogP contribution in [-0.4, -0.2) is 54.7 Å². The van der Waals surface area contributed by atoms with Crippen LogP contribution in [0, 0.1) is 5.92 Å². The van der Waals surface area contributed by atoms with Crippen LogP contribution in [0.4, 0.5) is 4.79 Å². The molecule has 0 aromatic rings. The van der Waals surface area contributed by atoms with E-state index in [1.54, 1.807) is 0 Å². The zero-order valence-corrected chi connectivity index (χ0v) is 12.0. The van der Waals surface area contributed by atoms with Gasteiger partial charge in [0.05, 0.1) is 7.11 Å². The Hall–Kier alpha value is -0.770. The van der Waals surface area contributed by atoms with Crippen molar-refractivity contribution in [1.29, 1.82) is 0 Å². The van der Waals surface area contributed by atoms with Gasteiger partial charge >= 0.3 is 6.09 Å². The van der Waals surface area contributed by atoms with Gasteiger partial charge in [0.15, 0.2) is 0 Å². The molecule has 0 aromatic carbocycles. The first-order valence-electron chi connectivity index (χ1n) is 7.90. The van der Waals surface area contributed by atoms with E-state index in [4.69, 9.17) is 4.74 Å². The molecule has 2 aliphatic heterocycles. The summed E-state index contributed by atoms with van der Waals surface area (Å²) in [6.45, 7) is 3.43. The second-order valence-corrected chi connectivity index (χ2v) is 6.28. The van der Waals surface area contributed by atoms with Crippen molar-refractivity contribution in [3.8, 4) is 0 Å². The number of carbonyl (C=O) groups is 1. The van der Waals surface area contributed by atoms with Crippen LogP contribution in [0.25, 0.3) is 0 Å². The van der Waals surface area contributed by atoms with Gasteiger partial charge in [-0.3, -0.25) is 0 Å². The molecule has 3 fully saturated rings. The number of nitrogens with zero attached hydrogens (tertiary/aromatic N) is 2. The molecule has 0 radical (unpaired) electrons. The van der Waals surface area contributed by atoms with Crippen molar-refractivity contribution in [3.05, 3.63) is 0 Å². The fourth-order valence-electron chi connectivity index (χ4n) is 4.53. The molecule has 0 bridgehead atoms. The van der Waals surface area contributed by atoms with Gasteiger partial charge in [0.2, 0.25) is 0 Å². The summed E-state index contributed by atoms with van der Waals surface area (Å²) in [5.74, 6) is 0.680. The molecule has 4 heteroatoms. The molecular weight excluding hydrogens is 240 g/mol. The highest BCUT2D eigenvalue weighted by molar-refractivity contribution is 5.68. The molecule has 4 nitrogen and oxygen atoms in total. The predicted molar refractivity (Wildman–Crippen MR) is 74.1 cm³/mol. The van der Waals surface area contributed by atoms with Crippen molar-refractivity contribution in [3.63, 3.8) is 0 Å². The highest BCUT2D eigenvalue weighted by Crippen LogP contribution is 2.39. The summed E-state index contributed by atoms with van der Waals surface area (Å²) in [6.07, 6.45) is 8.79. The second kappa shape index (κ2) is 5.70. The molecule has 108 valence electrons. The molecule has 2 saturated heterocycles. The normalized spacial score (nSPS) is 36.1. The molecule has 3 rings (SSSR count). The molecule has 3 aliphatic rings. The van der Waals surface area contributed by atoms with Gasteiger partial charge in [-0.25, -0.2) is 4.79 Å². The van der Waals surface area contributed by atoms with Gasteiger partial charge in [-0.15, -0.1) is 0 Å². The van der Waals surface area contributed by atoms with Gasteiger partial charge in [0.1, 0.15) is 0 Å². The number of hydrogen-bond donors (Lipinski definition) is 0. The summed E-state index contributed by atoms with van der Waals surface area (Å²) in [7, 11) is 1.51. The molecule has 1 saturated carbocycles. The van der Waals surface area contributed by atoms with E-state index in [1.165, 1.54) is 58.7 Å². The fraction of sp³-hybridized carbons (Fsp3) is 0.933. The van der Waals surface area contributed by atoms with Crippen molar-refractivity contribution in [2.24, 2.45) is 5.92 Å². The second-order valence-electron chi connectivity index (χ2n) is 6.28. The number of hydrogen-bond acceptors (Lipinski definition) is 3. The average molecular weight is 266 g/mol. The van der Waals surface area contributed by atoms with Gasteiger partial charge in [-0.05, 0) is 64.0 Å². The number of amides is 1. The highest BCUT2D eigenvalue weighted by atomic mass is 16.5. The average Bonchev–Trinajstić information content (AvgIpc) is 2.99. The van der Waals surface area contributed by atoms with Crippen molar-refractivity contribution >= 4 is 6.09 Å². The van der Waals surface area contributed by atoms with Crippen LogP contribution in [0.2, 0.25) is 0 Å². The van der Waals surface area contributed by atoms with Crippen LogP contribution in [0.1, 0.15) is 44.9 Å². The van der Waals surface area contributed by atoms with Crippen molar-refractivity contribution < 1.29 is 9.53 Å². The highest BCUT2D eigenvalue weighted by Gasteiger charge is 2.43.